The van der Waals surface area contributed by atoms with Gasteiger partial charge < -0.3 is 4.90 Å². The third-order valence-electron chi connectivity index (χ3n) is 4.65. The highest BCUT2D eigenvalue weighted by molar-refractivity contribution is 6.17. The van der Waals surface area contributed by atoms with Crippen LogP contribution in [0.4, 0.5) is 0 Å². The van der Waals surface area contributed by atoms with Crippen LogP contribution in [0.5, 0.6) is 0 Å². The van der Waals surface area contributed by atoms with E-state index >= 15 is 0 Å². The van der Waals surface area contributed by atoms with Crippen molar-refractivity contribution in [3.05, 3.63) is 34.9 Å². The molecule has 2 aliphatic rings. The largest absolute Gasteiger partial charge is 0.336 e. The molecule has 2 nitrogen and oxygen atoms in total. The number of alkyl halides is 1. The lowest BCUT2D eigenvalue weighted by molar-refractivity contribution is 0.0730. The Balaban J connectivity index is 1.74. The number of carbonyl (C=O) groups is 1. The molecule has 1 unspecified atom stereocenters. The quantitative estimate of drug-likeness (QED) is 0.773. The number of likely N-dealkylation sites (tertiary alicyclic amines) is 1. The van der Waals surface area contributed by atoms with E-state index < -0.39 is 0 Å². The zero-order chi connectivity index (χ0) is 13.9. The average Bonchev–Trinajstić information content (AvgIpc) is 3.12. The number of rotatable bonds is 4. The minimum absolute atomic E-state index is 0.219. The summed E-state index contributed by atoms with van der Waals surface area (Å²) in [5.41, 5.74) is 3.69. The second-order valence-electron chi connectivity index (χ2n) is 5.96. The van der Waals surface area contributed by atoms with Gasteiger partial charge in [-0.25, -0.2) is 0 Å². The Bertz CT molecular complexity index is 500. The lowest BCUT2D eigenvalue weighted by Gasteiger charge is -2.25. The molecule has 0 N–H and O–H groups in total. The number of benzene rings is 1. The van der Waals surface area contributed by atoms with Gasteiger partial charge in [0.1, 0.15) is 0 Å². The third-order valence-corrected chi connectivity index (χ3v) is 4.92. The monoisotopic (exact) mass is 291 g/mol. The van der Waals surface area contributed by atoms with Crippen molar-refractivity contribution in [3.8, 4) is 0 Å². The van der Waals surface area contributed by atoms with Gasteiger partial charge in [0.15, 0.2) is 0 Å². The molecule has 0 bridgehead atoms. The van der Waals surface area contributed by atoms with Crippen LogP contribution in [-0.4, -0.2) is 29.3 Å². The fourth-order valence-corrected chi connectivity index (χ4v) is 3.74. The van der Waals surface area contributed by atoms with Gasteiger partial charge in [-0.05, 0) is 68.2 Å². The number of carbonyl (C=O) groups excluding carboxylic acids is 1. The first kappa shape index (κ1) is 13.9. The maximum absolute atomic E-state index is 12.7. The van der Waals surface area contributed by atoms with Gasteiger partial charge >= 0.3 is 0 Å². The van der Waals surface area contributed by atoms with E-state index in [1.165, 1.54) is 24.0 Å². The maximum Gasteiger partial charge on any atom is 0.254 e. The topological polar surface area (TPSA) is 20.3 Å². The molecule has 1 aliphatic heterocycles. The molecule has 1 aromatic carbocycles. The molecular weight excluding hydrogens is 270 g/mol. The Morgan fingerprint density at radius 3 is 2.95 bits per heavy atom. The smallest absolute Gasteiger partial charge is 0.254 e. The summed E-state index contributed by atoms with van der Waals surface area (Å²) in [6.07, 6.45) is 7.84. The summed E-state index contributed by atoms with van der Waals surface area (Å²) in [5, 5.41) is 0. The molecule has 1 saturated heterocycles. The predicted molar refractivity (Wildman–Crippen MR) is 82.5 cm³/mol. The van der Waals surface area contributed by atoms with E-state index in [9.17, 15) is 4.79 Å². The Hall–Kier alpha value is -1.02. The summed E-state index contributed by atoms with van der Waals surface area (Å²) < 4.78 is 0. The van der Waals surface area contributed by atoms with Crippen LogP contribution in [0.25, 0.3) is 0 Å². The molecule has 1 fully saturated rings. The number of aryl methyl sites for hydroxylation is 2. The first-order chi connectivity index (χ1) is 9.79. The first-order valence-corrected chi connectivity index (χ1v) is 8.32. The fourth-order valence-electron chi connectivity index (χ4n) is 3.59. The van der Waals surface area contributed by atoms with Gasteiger partial charge in [-0.3, -0.25) is 4.79 Å². The van der Waals surface area contributed by atoms with Gasteiger partial charge in [0.05, 0.1) is 0 Å². The molecule has 0 spiro atoms. The molecule has 1 aromatic rings. The molecule has 1 heterocycles. The second-order valence-corrected chi connectivity index (χ2v) is 6.34. The van der Waals surface area contributed by atoms with Crippen molar-refractivity contribution in [2.45, 2.75) is 51.0 Å². The number of nitrogens with zero attached hydrogens (tertiary/aromatic N) is 1. The van der Waals surface area contributed by atoms with Crippen LogP contribution in [-0.2, 0) is 12.8 Å². The molecule has 20 heavy (non-hydrogen) atoms. The van der Waals surface area contributed by atoms with Crippen molar-refractivity contribution < 1.29 is 4.79 Å². The van der Waals surface area contributed by atoms with Crippen molar-refractivity contribution in [3.63, 3.8) is 0 Å². The standard InChI is InChI=1S/C17H22ClNO/c18-10-2-6-16-7-3-11-19(16)17(20)15-9-8-13-4-1-5-14(13)12-15/h8-9,12,16H,1-7,10-11H2. The minimum atomic E-state index is 0.219. The highest BCUT2D eigenvalue weighted by Gasteiger charge is 2.29. The Morgan fingerprint density at radius 2 is 2.10 bits per heavy atom. The summed E-state index contributed by atoms with van der Waals surface area (Å²) >= 11 is 5.78. The highest BCUT2D eigenvalue weighted by Crippen LogP contribution is 2.27. The van der Waals surface area contributed by atoms with E-state index in [1.807, 2.05) is 6.07 Å². The van der Waals surface area contributed by atoms with E-state index in [-0.39, 0.29) is 5.91 Å². The van der Waals surface area contributed by atoms with Crippen LogP contribution in [0, 0.1) is 0 Å². The van der Waals surface area contributed by atoms with E-state index in [1.54, 1.807) is 0 Å². The van der Waals surface area contributed by atoms with E-state index in [0.29, 0.717) is 11.9 Å². The summed E-state index contributed by atoms with van der Waals surface area (Å²) in [7, 11) is 0. The molecule has 108 valence electrons. The lowest BCUT2D eigenvalue weighted by Crippen LogP contribution is -2.35. The molecule has 0 saturated carbocycles. The zero-order valence-corrected chi connectivity index (χ0v) is 12.7. The molecule has 1 aliphatic carbocycles. The number of hydrogen-bond donors (Lipinski definition) is 0. The van der Waals surface area contributed by atoms with E-state index in [4.69, 9.17) is 11.6 Å². The molecule has 3 heteroatoms. The molecule has 3 rings (SSSR count). The molecule has 0 aromatic heterocycles. The summed E-state index contributed by atoms with van der Waals surface area (Å²) in [4.78, 5) is 14.8. The van der Waals surface area contributed by atoms with Gasteiger partial charge in [-0.1, -0.05) is 6.07 Å². The lowest BCUT2D eigenvalue weighted by atomic mass is 10.0. The SMILES string of the molecule is O=C(c1ccc2c(c1)CCC2)N1CCCC1CCCCl. The van der Waals surface area contributed by atoms with E-state index in [2.05, 4.69) is 17.0 Å². The number of amides is 1. The maximum atomic E-state index is 12.7. The summed E-state index contributed by atoms with van der Waals surface area (Å²) in [5.74, 6) is 0.911. The molecule has 1 atom stereocenters. The van der Waals surface area contributed by atoms with Crippen LogP contribution in [0.3, 0.4) is 0 Å². The Morgan fingerprint density at radius 1 is 1.25 bits per heavy atom. The first-order valence-electron chi connectivity index (χ1n) is 7.78. The molecule has 1 amide bonds. The van der Waals surface area contributed by atoms with Crippen LogP contribution in [0.2, 0.25) is 0 Å². The van der Waals surface area contributed by atoms with Crippen LogP contribution >= 0.6 is 11.6 Å². The van der Waals surface area contributed by atoms with Crippen LogP contribution in [0.15, 0.2) is 18.2 Å². The van der Waals surface area contributed by atoms with Crippen LogP contribution < -0.4 is 0 Å². The van der Waals surface area contributed by atoms with Gasteiger partial charge in [0.2, 0.25) is 0 Å². The van der Waals surface area contributed by atoms with Crippen molar-refractivity contribution in [2.24, 2.45) is 0 Å². The van der Waals surface area contributed by atoms with E-state index in [0.717, 1.165) is 44.2 Å². The number of halogens is 1. The number of hydrogen-bond acceptors (Lipinski definition) is 1. The van der Waals surface area contributed by atoms with Gasteiger partial charge in [-0.15, -0.1) is 11.6 Å². The van der Waals surface area contributed by atoms with Crippen LogP contribution in [0.1, 0.15) is 53.6 Å². The molecular formula is C17H22ClNO. The van der Waals surface area contributed by atoms with Crippen molar-refractivity contribution in [1.82, 2.24) is 4.90 Å². The third kappa shape index (κ3) is 2.71. The van der Waals surface area contributed by atoms with Gasteiger partial charge in [0, 0.05) is 24.0 Å². The highest BCUT2D eigenvalue weighted by atomic mass is 35.5. The second kappa shape index (κ2) is 6.17. The van der Waals surface area contributed by atoms with Crippen molar-refractivity contribution >= 4 is 17.5 Å². The zero-order valence-electron chi connectivity index (χ0n) is 11.9. The van der Waals surface area contributed by atoms with Crippen molar-refractivity contribution in [2.75, 3.05) is 12.4 Å². The minimum Gasteiger partial charge on any atom is -0.336 e. The fraction of sp³-hybridized carbons (Fsp3) is 0.588. The van der Waals surface area contributed by atoms with Crippen molar-refractivity contribution in [1.29, 1.82) is 0 Å². The summed E-state index contributed by atoms with van der Waals surface area (Å²) in [6.45, 7) is 0.906. The van der Waals surface area contributed by atoms with Gasteiger partial charge in [0.25, 0.3) is 5.91 Å². The Labute approximate surface area is 126 Å². The van der Waals surface area contributed by atoms with Gasteiger partial charge in [-0.2, -0.15) is 0 Å². The normalized spacial score (nSPS) is 21.2. The Kier molecular flexibility index (Phi) is 4.30. The summed E-state index contributed by atoms with van der Waals surface area (Å²) in [6, 6.07) is 6.69. The molecule has 0 radical (unpaired) electrons. The predicted octanol–water partition coefficient (Wildman–Crippen LogP) is 3.80. The number of fused-ring (bicyclic) bond motifs is 1. The average molecular weight is 292 g/mol.